The molecule has 2 saturated heterocycles. The summed E-state index contributed by atoms with van der Waals surface area (Å²) in [6.07, 6.45) is 7.70. The number of hydrogen-bond donors (Lipinski definition) is 1. The van der Waals surface area contributed by atoms with E-state index in [1.54, 1.807) is 0 Å². The second-order valence-corrected chi connectivity index (χ2v) is 8.48. The average molecular weight is 409 g/mol. The zero-order valence-electron chi connectivity index (χ0n) is 17.2. The molecule has 30 heavy (non-hydrogen) atoms. The SMILES string of the molecule is O=C(c1c[nH]c2ccccc12)N1CCCC(CCc2noc(C3CCOCC3)n2)C1. The van der Waals surface area contributed by atoms with Gasteiger partial charge in [-0.1, -0.05) is 23.4 Å². The van der Waals surface area contributed by atoms with E-state index in [1.165, 1.54) is 0 Å². The van der Waals surface area contributed by atoms with Crippen molar-refractivity contribution in [3.63, 3.8) is 0 Å². The van der Waals surface area contributed by atoms with Crippen LogP contribution >= 0.6 is 0 Å². The number of benzene rings is 1. The lowest BCUT2D eigenvalue weighted by atomic mass is 9.92. The summed E-state index contributed by atoms with van der Waals surface area (Å²) in [5.41, 5.74) is 1.78. The first-order valence-electron chi connectivity index (χ1n) is 11.0. The lowest BCUT2D eigenvalue weighted by molar-refractivity contribution is 0.0670. The molecular formula is C23H28N4O3. The van der Waals surface area contributed by atoms with Crippen molar-refractivity contribution in [2.45, 2.75) is 44.4 Å². The van der Waals surface area contributed by atoms with Crippen LogP contribution in [0.5, 0.6) is 0 Å². The third-order valence-corrected chi connectivity index (χ3v) is 6.46. The number of aromatic nitrogens is 3. The third-order valence-electron chi connectivity index (χ3n) is 6.46. The first kappa shape index (κ1) is 19.3. The molecule has 2 aliphatic heterocycles. The highest BCUT2D eigenvalue weighted by molar-refractivity contribution is 6.06. The second kappa shape index (κ2) is 8.60. The smallest absolute Gasteiger partial charge is 0.256 e. The standard InChI is InChI=1S/C23H28N4O3/c28-23(19-14-24-20-6-2-1-5-18(19)20)27-11-3-4-16(15-27)7-8-21-25-22(30-26-21)17-9-12-29-13-10-17/h1-2,5-6,14,16-17,24H,3-4,7-13,15H2. The minimum atomic E-state index is 0.124. The predicted molar refractivity (Wildman–Crippen MR) is 112 cm³/mol. The number of carbonyl (C=O) groups excluding carboxylic acids is 1. The molecule has 158 valence electrons. The molecule has 1 unspecified atom stereocenters. The third kappa shape index (κ3) is 3.99. The molecule has 1 atom stereocenters. The van der Waals surface area contributed by atoms with E-state index >= 15 is 0 Å². The van der Waals surface area contributed by atoms with Gasteiger partial charge >= 0.3 is 0 Å². The number of rotatable bonds is 5. The van der Waals surface area contributed by atoms with Crippen LogP contribution in [0.4, 0.5) is 0 Å². The number of aromatic amines is 1. The molecule has 0 saturated carbocycles. The van der Waals surface area contributed by atoms with E-state index in [0.29, 0.717) is 11.8 Å². The largest absolute Gasteiger partial charge is 0.381 e. The first-order chi connectivity index (χ1) is 14.8. The van der Waals surface area contributed by atoms with Crippen LogP contribution in [0.15, 0.2) is 35.0 Å². The van der Waals surface area contributed by atoms with Gasteiger partial charge in [0.15, 0.2) is 5.82 Å². The number of para-hydroxylation sites is 1. The number of hydrogen-bond acceptors (Lipinski definition) is 5. The summed E-state index contributed by atoms with van der Waals surface area (Å²) in [4.78, 5) is 23.0. The van der Waals surface area contributed by atoms with Crippen molar-refractivity contribution in [3.8, 4) is 0 Å². The van der Waals surface area contributed by atoms with Gasteiger partial charge in [0.05, 0.1) is 5.56 Å². The van der Waals surface area contributed by atoms with Gasteiger partial charge in [-0.3, -0.25) is 4.79 Å². The Morgan fingerprint density at radius 1 is 1.20 bits per heavy atom. The number of likely N-dealkylation sites (tertiary alicyclic amines) is 1. The summed E-state index contributed by atoms with van der Waals surface area (Å²) in [5.74, 6) is 2.47. The molecule has 7 heteroatoms. The Kier molecular flexibility index (Phi) is 5.53. The van der Waals surface area contributed by atoms with Crippen LogP contribution < -0.4 is 0 Å². The molecule has 4 heterocycles. The van der Waals surface area contributed by atoms with Crippen molar-refractivity contribution in [2.24, 2.45) is 5.92 Å². The van der Waals surface area contributed by atoms with Crippen LogP contribution in [-0.4, -0.2) is 52.2 Å². The molecular weight excluding hydrogens is 380 g/mol. The van der Waals surface area contributed by atoms with Gasteiger partial charge in [-0.2, -0.15) is 4.98 Å². The highest BCUT2D eigenvalue weighted by Crippen LogP contribution is 2.27. The minimum absolute atomic E-state index is 0.124. The van der Waals surface area contributed by atoms with E-state index in [-0.39, 0.29) is 5.91 Å². The summed E-state index contributed by atoms with van der Waals surface area (Å²) < 4.78 is 10.9. The molecule has 2 aromatic heterocycles. The highest BCUT2D eigenvalue weighted by atomic mass is 16.5. The molecule has 1 N–H and O–H groups in total. The van der Waals surface area contributed by atoms with Crippen LogP contribution in [0, 0.1) is 5.92 Å². The molecule has 0 aliphatic carbocycles. The summed E-state index contributed by atoms with van der Waals surface area (Å²) in [6, 6.07) is 7.97. The maximum Gasteiger partial charge on any atom is 0.256 e. The summed E-state index contributed by atoms with van der Waals surface area (Å²) in [5, 5.41) is 5.19. The Morgan fingerprint density at radius 3 is 2.97 bits per heavy atom. The summed E-state index contributed by atoms with van der Waals surface area (Å²) >= 11 is 0. The van der Waals surface area contributed by atoms with E-state index in [0.717, 1.165) is 93.0 Å². The molecule has 0 bridgehead atoms. The lowest BCUT2D eigenvalue weighted by Gasteiger charge is -2.32. The van der Waals surface area contributed by atoms with Gasteiger partial charge in [-0.25, -0.2) is 0 Å². The van der Waals surface area contributed by atoms with Gasteiger partial charge < -0.3 is 19.1 Å². The molecule has 2 fully saturated rings. The Morgan fingerprint density at radius 2 is 2.07 bits per heavy atom. The molecule has 1 amide bonds. The quantitative estimate of drug-likeness (QED) is 0.691. The van der Waals surface area contributed by atoms with Crippen LogP contribution in [0.3, 0.4) is 0 Å². The highest BCUT2D eigenvalue weighted by Gasteiger charge is 2.27. The molecule has 3 aromatic rings. The average Bonchev–Trinajstić information content (AvgIpc) is 3.45. The van der Waals surface area contributed by atoms with Gasteiger partial charge in [-0.15, -0.1) is 0 Å². The van der Waals surface area contributed by atoms with Crippen molar-refractivity contribution in [3.05, 3.63) is 47.7 Å². The zero-order chi connectivity index (χ0) is 20.3. The molecule has 2 aliphatic rings. The van der Waals surface area contributed by atoms with E-state index in [9.17, 15) is 4.79 Å². The first-order valence-corrected chi connectivity index (χ1v) is 11.0. The van der Waals surface area contributed by atoms with Crippen LogP contribution in [0.2, 0.25) is 0 Å². The molecule has 0 radical (unpaired) electrons. The van der Waals surface area contributed by atoms with Gasteiger partial charge in [0.25, 0.3) is 5.91 Å². The summed E-state index contributed by atoms with van der Waals surface area (Å²) in [7, 11) is 0. The van der Waals surface area contributed by atoms with Gasteiger partial charge in [-0.05, 0) is 44.1 Å². The van der Waals surface area contributed by atoms with Crippen molar-refractivity contribution in [2.75, 3.05) is 26.3 Å². The fourth-order valence-corrected chi connectivity index (χ4v) is 4.72. The van der Waals surface area contributed by atoms with Crippen molar-refractivity contribution < 1.29 is 14.1 Å². The number of ether oxygens (including phenoxy) is 1. The van der Waals surface area contributed by atoms with Crippen LogP contribution in [0.1, 0.15) is 60.1 Å². The van der Waals surface area contributed by atoms with Gasteiger partial charge in [0, 0.05) is 55.7 Å². The number of H-pyrrole nitrogens is 1. The zero-order valence-corrected chi connectivity index (χ0v) is 17.2. The van der Waals surface area contributed by atoms with Gasteiger partial charge in [0.2, 0.25) is 5.89 Å². The van der Waals surface area contributed by atoms with E-state index < -0.39 is 0 Å². The molecule has 5 rings (SSSR count). The number of nitrogens with zero attached hydrogens (tertiary/aromatic N) is 3. The maximum atomic E-state index is 13.1. The number of piperidine rings is 1. The second-order valence-electron chi connectivity index (χ2n) is 8.48. The van der Waals surface area contributed by atoms with Crippen molar-refractivity contribution in [1.82, 2.24) is 20.0 Å². The van der Waals surface area contributed by atoms with Crippen molar-refractivity contribution in [1.29, 1.82) is 0 Å². The van der Waals surface area contributed by atoms with E-state index in [4.69, 9.17) is 9.26 Å². The Hall–Kier alpha value is -2.67. The number of carbonyl (C=O) groups is 1. The van der Waals surface area contributed by atoms with Crippen LogP contribution in [-0.2, 0) is 11.2 Å². The number of fused-ring (bicyclic) bond motifs is 1. The fraction of sp³-hybridized carbons (Fsp3) is 0.522. The normalized spacial score (nSPS) is 20.7. The molecule has 0 spiro atoms. The Balaban J connectivity index is 1.19. The number of nitrogens with one attached hydrogen (secondary N) is 1. The predicted octanol–water partition coefficient (Wildman–Crippen LogP) is 3.93. The monoisotopic (exact) mass is 408 g/mol. The lowest BCUT2D eigenvalue weighted by Crippen LogP contribution is -2.40. The van der Waals surface area contributed by atoms with Crippen LogP contribution in [0.25, 0.3) is 10.9 Å². The summed E-state index contributed by atoms with van der Waals surface area (Å²) in [6.45, 7) is 3.16. The van der Waals surface area contributed by atoms with E-state index in [2.05, 4.69) is 15.1 Å². The Bertz CT molecular complexity index is 1000. The molecule has 7 nitrogen and oxygen atoms in total. The number of amides is 1. The van der Waals surface area contributed by atoms with Crippen molar-refractivity contribution >= 4 is 16.8 Å². The number of aryl methyl sites for hydroxylation is 1. The minimum Gasteiger partial charge on any atom is -0.381 e. The topological polar surface area (TPSA) is 84.2 Å². The maximum absolute atomic E-state index is 13.1. The van der Waals surface area contributed by atoms with Gasteiger partial charge in [0.1, 0.15) is 0 Å². The fourth-order valence-electron chi connectivity index (χ4n) is 4.72. The van der Waals surface area contributed by atoms with E-state index in [1.807, 2.05) is 35.4 Å². The Labute approximate surface area is 175 Å². The molecule has 1 aromatic carbocycles.